The van der Waals surface area contributed by atoms with Crippen LogP contribution in [0, 0.1) is 0 Å². The number of hydrogen-bond donors (Lipinski definition) is 0. The van der Waals surface area contributed by atoms with E-state index >= 15 is 0 Å². The molecule has 0 fully saturated rings. The number of hydrogen-bond acceptors (Lipinski definition) is 3. The van der Waals surface area contributed by atoms with Crippen LogP contribution in [0.2, 0.25) is 0 Å². The lowest BCUT2D eigenvalue weighted by Crippen LogP contribution is -2.36. The quantitative estimate of drug-likeness (QED) is 0.177. The minimum atomic E-state index is -0.584. The van der Waals surface area contributed by atoms with Gasteiger partial charge in [-0.1, -0.05) is 166 Å². The average Bonchev–Trinajstić information content (AvgIpc) is 3.92. The zero-order valence-electron chi connectivity index (χ0n) is 33.9. The van der Waals surface area contributed by atoms with Crippen LogP contribution in [0.25, 0.3) is 44.2 Å². The van der Waals surface area contributed by atoms with Crippen LogP contribution < -0.4 is 9.80 Å². The predicted molar refractivity (Wildman–Crippen MR) is 252 cm³/mol. The van der Waals surface area contributed by atoms with E-state index in [2.05, 4.69) is 230 Å². The van der Waals surface area contributed by atoms with Crippen molar-refractivity contribution in [1.82, 2.24) is 0 Å². The van der Waals surface area contributed by atoms with Crippen molar-refractivity contribution in [3.8, 4) is 22.3 Å². The fourth-order valence-corrected chi connectivity index (χ4v) is 11.3. The van der Waals surface area contributed by atoms with Crippen molar-refractivity contribution in [2.24, 2.45) is 0 Å². The van der Waals surface area contributed by atoms with Gasteiger partial charge in [-0.2, -0.15) is 0 Å². The summed E-state index contributed by atoms with van der Waals surface area (Å²) in [6.45, 7) is 4.73. The van der Waals surface area contributed by atoms with Gasteiger partial charge < -0.3 is 14.2 Å². The Morgan fingerprint density at radius 1 is 0.426 bits per heavy atom. The van der Waals surface area contributed by atoms with E-state index in [0.29, 0.717) is 0 Å². The Kier molecular flexibility index (Phi) is 6.99. The third kappa shape index (κ3) is 4.47. The van der Waals surface area contributed by atoms with Gasteiger partial charge in [-0.15, -0.1) is 0 Å². The summed E-state index contributed by atoms with van der Waals surface area (Å²) in [6.07, 6.45) is 0. The maximum Gasteiger partial charge on any atom is 0.159 e. The van der Waals surface area contributed by atoms with Crippen molar-refractivity contribution >= 4 is 56.1 Å². The fraction of sp³-hybridized carbons (Fsp3) is 0.0690. The van der Waals surface area contributed by atoms with Crippen LogP contribution in [0.3, 0.4) is 0 Å². The molecule has 0 saturated carbocycles. The summed E-state index contributed by atoms with van der Waals surface area (Å²) in [5.74, 6) is 0. The number of fused-ring (bicyclic) bond motifs is 15. The van der Waals surface area contributed by atoms with E-state index < -0.39 is 5.41 Å². The summed E-state index contributed by atoms with van der Waals surface area (Å²) in [4.78, 5) is 4.93. The molecule has 0 unspecified atom stereocenters. The van der Waals surface area contributed by atoms with E-state index in [0.717, 1.165) is 44.7 Å². The Morgan fingerprint density at radius 2 is 1.00 bits per heavy atom. The Labute approximate surface area is 355 Å². The fourth-order valence-electron chi connectivity index (χ4n) is 11.3. The number of rotatable bonds is 4. The molecule has 3 aliphatic rings. The van der Waals surface area contributed by atoms with Gasteiger partial charge in [0.2, 0.25) is 0 Å². The molecular weight excluding hydrogens is 741 g/mol. The van der Waals surface area contributed by atoms with E-state index in [-0.39, 0.29) is 5.41 Å². The van der Waals surface area contributed by atoms with Gasteiger partial charge in [-0.3, -0.25) is 0 Å². The number of nitrogens with zero attached hydrogens (tertiary/aromatic N) is 2. The second-order valence-corrected chi connectivity index (χ2v) is 17.2. The first-order valence-electron chi connectivity index (χ1n) is 21.3. The lowest BCUT2D eigenvalue weighted by atomic mass is 9.64. The second-order valence-electron chi connectivity index (χ2n) is 17.2. The van der Waals surface area contributed by atoms with E-state index in [1.807, 2.05) is 0 Å². The second kappa shape index (κ2) is 12.5. The SMILES string of the molecule is CC1(C)c2ccccc2-c2ccc(N(c3cccc4c3-c3ccccc3C43c4ccccc4N(c4ccccc4)c4ccccc43)c3cccc4c3oc3ccccc34)cc21. The van der Waals surface area contributed by atoms with E-state index in [1.165, 1.54) is 67.0 Å². The van der Waals surface area contributed by atoms with Gasteiger partial charge in [0.25, 0.3) is 0 Å². The molecule has 0 bridgehead atoms. The molecule has 13 rings (SSSR count). The van der Waals surface area contributed by atoms with Crippen molar-refractivity contribution in [3.05, 3.63) is 240 Å². The maximum atomic E-state index is 6.89. The third-order valence-corrected chi connectivity index (χ3v) is 13.8. The summed E-state index contributed by atoms with van der Waals surface area (Å²) < 4.78 is 6.89. The van der Waals surface area contributed by atoms with E-state index in [1.54, 1.807) is 0 Å². The molecule has 9 aromatic carbocycles. The van der Waals surface area contributed by atoms with Crippen molar-refractivity contribution in [2.45, 2.75) is 24.7 Å². The molecule has 1 spiro atoms. The first-order chi connectivity index (χ1) is 30.0. The third-order valence-electron chi connectivity index (χ3n) is 13.8. The van der Waals surface area contributed by atoms with Crippen LogP contribution in [-0.2, 0) is 10.8 Å². The summed E-state index contributed by atoms with van der Waals surface area (Å²) in [6, 6.07) is 76.0. The first kappa shape index (κ1) is 34.3. The molecule has 0 radical (unpaired) electrons. The molecule has 1 aliphatic heterocycles. The summed E-state index contributed by atoms with van der Waals surface area (Å²) in [7, 11) is 0. The molecule has 3 heteroatoms. The first-order valence-corrected chi connectivity index (χ1v) is 21.3. The number of furan rings is 1. The van der Waals surface area contributed by atoms with Crippen molar-refractivity contribution in [2.75, 3.05) is 9.80 Å². The summed E-state index contributed by atoms with van der Waals surface area (Å²) >= 11 is 0. The number of benzene rings is 9. The lowest BCUT2D eigenvalue weighted by molar-refractivity contribution is 0.660. The highest BCUT2D eigenvalue weighted by Gasteiger charge is 2.52. The smallest absolute Gasteiger partial charge is 0.159 e. The van der Waals surface area contributed by atoms with Gasteiger partial charge in [0.05, 0.1) is 28.2 Å². The Morgan fingerprint density at radius 3 is 1.79 bits per heavy atom. The molecule has 3 nitrogen and oxygen atoms in total. The summed E-state index contributed by atoms with van der Waals surface area (Å²) in [5.41, 5.74) is 20.6. The van der Waals surface area contributed by atoms with Crippen LogP contribution >= 0.6 is 0 Å². The Balaban J connectivity index is 1.13. The van der Waals surface area contributed by atoms with Crippen molar-refractivity contribution in [1.29, 1.82) is 0 Å². The highest BCUT2D eigenvalue weighted by atomic mass is 16.3. The van der Waals surface area contributed by atoms with Crippen LogP contribution in [0.15, 0.2) is 211 Å². The zero-order valence-corrected chi connectivity index (χ0v) is 33.9. The van der Waals surface area contributed by atoms with Gasteiger partial charge in [0.1, 0.15) is 5.58 Å². The Hall–Kier alpha value is -7.62. The van der Waals surface area contributed by atoms with E-state index in [4.69, 9.17) is 4.42 Å². The average molecular weight is 781 g/mol. The van der Waals surface area contributed by atoms with Crippen LogP contribution in [-0.4, -0.2) is 0 Å². The predicted octanol–water partition coefficient (Wildman–Crippen LogP) is 15.5. The maximum absolute atomic E-state index is 6.89. The number of anilines is 6. The molecule has 0 atom stereocenters. The molecule has 288 valence electrons. The molecule has 0 saturated heterocycles. The highest BCUT2D eigenvalue weighted by molar-refractivity contribution is 6.11. The molecule has 2 aliphatic carbocycles. The molecule has 1 aromatic heterocycles. The molecule has 61 heavy (non-hydrogen) atoms. The summed E-state index contributed by atoms with van der Waals surface area (Å²) in [5, 5.41) is 2.22. The molecule has 0 N–H and O–H groups in total. The standard InChI is InChI=1S/C58H40N2O/c1-57(2)44-24-9-6-20-39(44)40-35-34-38(36-49(40)57)60(53-32-16-23-42-41-21-8-15-33-54(41)61-56(42)53)52-31-17-28-48-55(52)43-22-7-10-25-45(43)58(48)46-26-11-13-29-50(46)59(37-18-4-3-5-19-37)51-30-14-12-27-47(51)58/h3-36H,1-2H3. The minimum absolute atomic E-state index is 0.172. The molecular formula is C58H40N2O. The van der Waals surface area contributed by atoms with Crippen LogP contribution in [0.5, 0.6) is 0 Å². The Bertz CT molecular complexity index is 3380. The lowest BCUT2D eigenvalue weighted by Gasteiger charge is -2.45. The molecule has 0 amide bonds. The van der Waals surface area contributed by atoms with Crippen LogP contribution in [0.4, 0.5) is 34.1 Å². The monoisotopic (exact) mass is 780 g/mol. The molecule has 10 aromatic rings. The van der Waals surface area contributed by atoms with Gasteiger partial charge in [0.15, 0.2) is 5.58 Å². The minimum Gasteiger partial charge on any atom is -0.454 e. The number of para-hydroxylation sites is 5. The topological polar surface area (TPSA) is 19.6 Å². The molecule has 2 heterocycles. The van der Waals surface area contributed by atoms with Crippen LogP contribution in [0.1, 0.15) is 47.2 Å². The van der Waals surface area contributed by atoms with E-state index in [9.17, 15) is 0 Å². The zero-order chi connectivity index (χ0) is 40.5. The van der Waals surface area contributed by atoms with Gasteiger partial charge in [0, 0.05) is 33.1 Å². The van der Waals surface area contributed by atoms with Crippen molar-refractivity contribution in [3.63, 3.8) is 0 Å². The van der Waals surface area contributed by atoms with Gasteiger partial charge in [-0.25, -0.2) is 0 Å². The largest absolute Gasteiger partial charge is 0.454 e. The van der Waals surface area contributed by atoms with Gasteiger partial charge >= 0.3 is 0 Å². The van der Waals surface area contributed by atoms with Gasteiger partial charge in [-0.05, 0) is 105 Å². The van der Waals surface area contributed by atoms with Crippen molar-refractivity contribution < 1.29 is 4.42 Å². The normalized spacial score (nSPS) is 14.6. The highest BCUT2D eigenvalue weighted by Crippen LogP contribution is 2.65.